The minimum absolute atomic E-state index is 0.0838. The van der Waals surface area contributed by atoms with Crippen molar-refractivity contribution in [3.63, 3.8) is 0 Å². The highest BCUT2D eigenvalue weighted by atomic mass is 19.4. The van der Waals surface area contributed by atoms with E-state index in [1.165, 1.54) is 17.0 Å². The molecule has 0 aromatic heterocycles. The van der Waals surface area contributed by atoms with Crippen LogP contribution in [0.4, 0.5) is 13.2 Å². The number of benzene rings is 3. The number of alkyl halides is 3. The second kappa shape index (κ2) is 9.54. The average molecular weight is 470 g/mol. The first kappa shape index (κ1) is 23.3. The summed E-state index contributed by atoms with van der Waals surface area (Å²) in [5.74, 6) is -0.928. The number of hydrogen-bond donors (Lipinski definition) is 1. The maximum Gasteiger partial charge on any atom is 0.422 e. The third-order valence-corrected chi connectivity index (χ3v) is 5.46. The summed E-state index contributed by atoms with van der Waals surface area (Å²) in [6, 6.07) is 16.6. The Balaban J connectivity index is 1.27. The van der Waals surface area contributed by atoms with Gasteiger partial charge in [0.15, 0.2) is 6.61 Å². The van der Waals surface area contributed by atoms with Crippen molar-refractivity contribution in [2.75, 3.05) is 13.2 Å². The lowest BCUT2D eigenvalue weighted by atomic mass is 9.94. The molecule has 1 N–H and O–H groups in total. The summed E-state index contributed by atoms with van der Waals surface area (Å²) in [5.41, 5.74) is 1.64. The summed E-state index contributed by atoms with van der Waals surface area (Å²) in [6.07, 6.45) is -4.01. The Labute approximate surface area is 193 Å². The highest BCUT2D eigenvalue weighted by Crippen LogP contribution is 2.30. The molecule has 1 aliphatic heterocycles. The summed E-state index contributed by atoms with van der Waals surface area (Å²) in [5, 5.41) is 4.20. The van der Waals surface area contributed by atoms with Crippen molar-refractivity contribution in [3.8, 4) is 5.75 Å². The smallest absolute Gasteiger partial charge is 0.422 e. The quantitative estimate of drug-likeness (QED) is 0.493. The molecule has 3 aromatic carbocycles. The van der Waals surface area contributed by atoms with Crippen molar-refractivity contribution in [3.05, 3.63) is 77.4 Å². The number of halogens is 3. The highest BCUT2D eigenvalue weighted by molar-refractivity contribution is 6.25. The Hall–Kier alpha value is -3.88. The van der Waals surface area contributed by atoms with Crippen LogP contribution in [0.2, 0.25) is 0 Å². The van der Waals surface area contributed by atoms with Crippen LogP contribution in [0.25, 0.3) is 10.8 Å². The van der Waals surface area contributed by atoms with E-state index in [-0.39, 0.29) is 43.0 Å². The number of nitrogens with one attached hydrogen (secondary N) is 1. The molecule has 34 heavy (non-hydrogen) atoms. The lowest BCUT2D eigenvalue weighted by molar-refractivity contribution is -0.153. The van der Waals surface area contributed by atoms with Gasteiger partial charge in [-0.05, 0) is 41.6 Å². The van der Waals surface area contributed by atoms with E-state index in [9.17, 15) is 27.6 Å². The zero-order chi connectivity index (χ0) is 24.3. The van der Waals surface area contributed by atoms with Gasteiger partial charge in [0.2, 0.25) is 5.91 Å². The van der Waals surface area contributed by atoms with Crippen LogP contribution in [0, 0.1) is 0 Å². The third kappa shape index (κ3) is 5.19. The Morgan fingerprint density at radius 3 is 2.12 bits per heavy atom. The first-order chi connectivity index (χ1) is 16.2. The summed E-state index contributed by atoms with van der Waals surface area (Å²) in [7, 11) is 0. The first-order valence-corrected chi connectivity index (χ1v) is 10.7. The molecule has 6 nitrogen and oxygen atoms in total. The van der Waals surface area contributed by atoms with Crippen molar-refractivity contribution < 1.29 is 32.3 Å². The molecule has 3 aromatic rings. The third-order valence-electron chi connectivity index (χ3n) is 5.46. The number of hydrogen-bond acceptors (Lipinski definition) is 4. The highest BCUT2D eigenvalue weighted by Gasteiger charge is 2.32. The molecule has 0 saturated carbocycles. The van der Waals surface area contributed by atoms with Gasteiger partial charge in [0.05, 0.1) is 0 Å². The van der Waals surface area contributed by atoms with Gasteiger partial charge in [-0.1, -0.05) is 36.4 Å². The molecule has 0 saturated heterocycles. The van der Waals surface area contributed by atoms with Crippen LogP contribution in [-0.2, 0) is 11.3 Å². The lowest BCUT2D eigenvalue weighted by Gasteiger charge is -2.27. The molecule has 1 aliphatic rings. The van der Waals surface area contributed by atoms with E-state index < -0.39 is 12.8 Å². The van der Waals surface area contributed by atoms with Gasteiger partial charge in [-0.15, -0.1) is 0 Å². The second-order valence-electron chi connectivity index (χ2n) is 7.90. The number of carbonyl (C=O) groups excluding carboxylic acids is 3. The van der Waals surface area contributed by atoms with Gasteiger partial charge < -0.3 is 10.1 Å². The lowest BCUT2D eigenvalue weighted by Crippen LogP contribution is -2.41. The van der Waals surface area contributed by atoms with Gasteiger partial charge in [0, 0.05) is 36.0 Å². The minimum atomic E-state index is -4.41. The van der Waals surface area contributed by atoms with Gasteiger partial charge in [-0.3, -0.25) is 19.3 Å². The molecule has 9 heteroatoms. The van der Waals surface area contributed by atoms with Crippen molar-refractivity contribution in [1.82, 2.24) is 10.2 Å². The van der Waals surface area contributed by atoms with Gasteiger partial charge in [-0.2, -0.15) is 13.2 Å². The van der Waals surface area contributed by atoms with Crippen molar-refractivity contribution in [2.24, 2.45) is 0 Å². The molecule has 0 spiro atoms. The fraction of sp³-hybridized carbons (Fsp3) is 0.240. The Morgan fingerprint density at radius 2 is 1.53 bits per heavy atom. The number of carbonyl (C=O) groups is 3. The molecular weight excluding hydrogens is 449 g/mol. The van der Waals surface area contributed by atoms with E-state index in [4.69, 9.17) is 0 Å². The molecule has 4 rings (SSSR count). The van der Waals surface area contributed by atoms with E-state index in [1.807, 2.05) is 12.1 Å². The molecule has 0 aliphatic carbocycles. The van der Waals surface area contributed by atoms with E-state index in [0.29, 0.717) is 28.5 Å². The van der Waals surface area contributed by atoms with Crippen LogP contribution in [0.3, 0.4) is 0 Å². The Morgan fingerprint density at radius 1 is 0.912 bits per heavy atom. The molecular formula is C25H21F3N2O4. The maximum atomic E-state index is 12.9. The van der Waals surface area contributed by atoms with Gasteiger partial charge in [-0.25, -0.2) is 0 Å². The summed E-state index contributed by atoms with van der Waals surface area (Å²) in [6.45, 7) is -1.07. The molecule has 176 valence electrons. The molecule has 0 bridgehead atoms. The van der Waals surface area contributed by atoms with E-state index in [0.717, 1.165) is 5.39 Å². The summed E-state index contributed by atoms with van der Waals surface area (Å²) >= 11 is 0. The Kier molecular flexibility index (Phi) is 6.54. The predicted octanol–water partition coefficient (Wildman–Crippen LogP) is 4.47. The molecule has 0 unspecified atom stereocenters. The van der Waals surface area contributed by atoms with Crippen molar-refractivity contribution in [2.45, 2.75) is 25.6 Å². The van der Waals surface area contributed by atoms with Crippen LogP contribution in [0.15, 0.2) is 60.7 Å². The first-order valence-electron chi connectivity index (χ1n) is 10.7. The monoisotopic (exact) mass is 470 g/mol. The van der Waals surface area contributed by atoms with Crippen molar-refractivity contribution in [1.29, 1.82) is 0 Å². The number of rotatable bonds is 8. The topological polar surface area (TPSA) is 75.7 Å². The molecule has 0 radical (unpaired) electrons. The normalized spacial score (nSPS) is 13.3. The predicted molar refractivity (Wildman–Crippen MR) is 118 cm³/mol. The maximum absolute atomic E-state index is 12.9. The molecule has 0 fully saturated rings. The van der Waals surface area contributed by atoms with Crippen molar-refractivity contribution >= 4 is 28.5 Å². The molecule has 1 heterocycles. The van der Waals surface area contributed by atoms with E-state index in [2.05, 4.69) is 10.1 Å². The standard InChI is InChI=1S/C25H21F3N2O4/c26-25(27,28)15-34-18-11-9-16(10-12-18)14-29-21(31)8-3-13-30-23(32)19-6-1-4-17-5-2-7-20(22(17)19)24(30)33/h1-2,4-7,9-12H,3,8,13-15H2,(H,29,31). The number of nitrogens with zero attached hydrogens (tertiary/aromatic N) is 1. The fourth-order valence-electron chi connectivity index (χ4n) is 3.84. The van der Waals surface area contributed by atoms with Crippen LogP contribution in [0.1, 0.15) is 39.1 Å². The summed E-state index contributed by atoms with van der Waals surface area (Å²) < 4.78 is 41.2. The van der Waals surface area contributed by atoms with Crippen LogP contribution in [-0.4, -0.2) is 41.9 Å². The zero-order valence-electron chi connectivity index (χ0n) is 18.0. The number of amides is 3. The van der Waals surface area contributed by atoms with Crippen LogP contribution < -0.4 is 10.1 Å². The Bertz CT molecular complexity index is 1190. The number of ether oxygens (including phenoxy) is 1. The van der Waals surface area contributed by atoms with E-state index >= 15 is 0 Å². The molecule has 0 atom stereocenters. The van der Waals surface area contributed by atoms with Gasteiger partial charge >= 0.3 is 6.18 Å². The molecule has 3 amide bonds. The zero-order valence-corrected chi connectivity index (χ0v) is 18.0. The number of imide groups is 1. The van der Waals surface area contributed by atoms with Crippen LogP contribution >= 0.6 is 0 Å². The largest absolute Gasteiger partial charge is 0.484 e. The van der Waals surface area contributed by atoms with Crippen LogP contribution in [0.5, 0.6) is 5.75 Å². The SMILES string of the molecule is O=C(CCCN1C(=O)c2cccc3cccc(c23)C1=O)NCc1ccc(OCC(F)(F)F)cc1. The van der Waals surface area contributed by atoms with Gasteiger partial charge in [0.1, 0.15) is 5.75 Å². The second-order valence-corrected chi connectivity index (χ2v) is 7.90. The van der Waals surface area contributed by atoms with E-state index in [1.54, 1.807) is 36.4 Å². The average Bonchev–Trinajstić information content (AvgIpc) is 2.82. The fourth-order valence-corrected chi connectivity index (χ4v) is 3.84. The minimum Gasteiger partial charge on any atom is -0.484 e. The summed E-state index contributed by atoms with van der Waals surface area (Å²) in [4.78, 5) is 39.1. The van der Waals surface area contributed by atoms with Gasteiger partial charge in [0.25, 0.3) is 11.8 Å².